The summed E-state index contributed by atoms with van der Waals surface area (Å²) in [5.74, 6) is -1.65. The van der Waals surface area contributed by atoms with Gasteiger partial charge in [0, 0.05) is 30.4 Å². The second-order valence-electron chi connectivity index (χ2n) is 7.34. The van der Waals surface area contributed by atoms with E-state index in [2.05, 4.69) is 0 Å². The van der Waals surface area contributed by atoms with E-state index in [0.29, 0.717) is 5.75 Å². The zero-order valence-electron chi connectivity index (χ0n) is 18.7. The van der Waals surface area contributed by atoms with Gasteiger partial charge in [-0.3, -0.25) is 4.79 Å². The van der Waals surface area contributed by atoms with Crippen molar-refractivity contribution in [3.63, 3.8) is 0 Å². The summed E-state index contributed by atoms with van der Waals surface area (Å²) in [5.41, 5.74) is 1.66. The highest BCUT2D eigenvalue weighted by molar-refractivity contribution is 6.15. The fourth-order valence-corrected chi connectivity index (χ4v) is 3.52. The maximum Gasteiger partial charge on any atom is 0.336 e. The Morgan fingerprint density at radius 3 is 2.24 bits per heavy atom. The molecule has 0 aliphatic rings. The van der Waals surface area contributed by atoms with E-state index in [9.17, 15) is 19.8 Å². The van der Waals surface area contributed by atoms with Crippen LogP contribution in [0.5, 0.6) is 11.5 Å². The number of rotatable bonds is 10. The Bertz CT molecular complexity index is 1150. The lowest BCUT2D eigenvalue weighted by Gasteiger charge is -2.21. The lowest BCUT2D eigenvalue weighted by Crippen LogP contribution is -2.21. The number of hydrogen-bond donors (Lipinski definition) is 2. The number of carboxylic acid groups (broad SMARTS) is 1. The number of aromatic carboxylic acids is 1. The first kappa shape index (κ1) is 23.6. The van der Waals surface area contributed by atoms with Crippen LogP contribution < -0.4 is 9.64 Å². The topological polar surface area (TPSA) is 87.1 Å². The smallest absolute Gasteiger partial charge is 0.336 e. The molecule has 0 heterocycles. The van der Waals surface area contributed by atoms with Crippen molar-refractivity contribution in [3.8, 4) is 11.5 Å². The largest absolute Gasteiger partial charge is 0.507 e. The van der Waals surface area contributed by atoms with Crippen molar-refractivity contribution in [2.24, 2.45) is 0 Å². The Morgan fingerprint density at radius 2 is 1.61 bits per heavy atom. The number of ether oxygens (including phenoxy) is 1. The van der Waals surface area contributed by atoms with Crippen LogP contribution in [0, 0.1) is 0 Å². The Hall–Kier alpha value is -4.06. The molecule has 0 radical (unpaired) electrons. The minimum atomic E-state index is -1.23. The summed E-state index contributed by atoms with van der Waals surface area (Å²) in [7, 11) is 0. The van der Waals surface area contributed by atoms with Crippen LogP contribution >= 0.6 is 0 Å². The molecule has 0 aliphatic carbocycles. The van der Waals surface area contributed by atoms with Crippen LogP contribution in [0.15, 0.2) is 72.8 Å². The fourth-order valence-electron chi connectivity index (χ4n) is 3.52. The normalized spacial score (nSPS) is 10.8. The van der Waals surface area contributed by atoms with E-state index in [1.807, 2.05) is 61.2 Å². The van der Waals surface area contributed by atoms with E-state index < -0.39 is 11.8 Å². The molecule has 3 aromatic carbocycles. The highest BCUT2D eigenvalue weighted by Gasteiger charge is 2.22. The van der Waals surface area contributed by atoms with Crippen LogP contribution in [0.25, 0.3) is 6.08 Å². The van der Waals surface area contributed by atoms with Crippen molar-refractivity contribution >= 4 is 23.5 Å². The third-order valence-electron chi connectivity index (χ3n) is 5.28. The molecule has 0 atom stereocenters. The number of nitrogens with zero attached hydrogens (tertiary/aromatic N) is 1. The Labute approximate surface area is 193 Å². The molecule has 6 nitrogen and oxygen atoms in total. The predicted octanol–water partition coefficient (Wildman–Crippen LogP) is 5.26. The minimum Gasteiger partial charge on any atom is -0.507 e. The van der Waals surface area contributed by atoms with Gasteiger partial charge in [0.25, 0.3) is 0 Å². The van der Waals surface area contributed by atoms with Crippen molar-refractivity contribution in [2.75, 3.05) is 24.6 Å². The van der Waals surface area contributed by atoms with Gasteiger partial charge in [0.05, 0.1) is 11.1 Å². The number of carboxylic acids is 1. The number of hydrogen-bond acceptors (Lipinski definition) is 5. The van der Waals surface area contributed by atoms with Crippen molar-refractivity contribution in [2.45, 2.75) is 13.8 Å². The number of phenolic OH excluding ortho intramolecular Hbond substituents is 1. The molecule has 0 saturated heterocycles. The fraction of sp³-hybridized carbons (Fsp3) is 0.185. The van der Waals surface area contributed by atoms with Gasteiger partial charge in [0.2, 0.25) is 0 Å². The van der Waals surface area contributed by atoms with Gasteiger partial charge in [-0.2, -0.15) is 0 Å². The van der Waals surface area contributed by atoms with E-state index in [1.54, 1.807) is 6.07 Å². The Kier molecular flexibility index (Phi) is 7.86. The molecular weight excluding hydrogens is 418 g/mol. The summed E-state index contributed by atoms with van der Waals surface area (Å²) in [4.78, 5) is 26.9. The van der Waals surface area contributed by atoms with Crippen LogP contribution in [0.2, 0.25) is 0 Å². The summed E-state index contributed by atoms with van der Waals surface area (Å²) in [6.07, 6.45) is 3.74. The number of aromatic hydroxyl groups is 1. The number of benzene rings is 3. The molecule has 3 aromatic rings. The van der Waals surface area contributed by atoms with Gasteiger partial charge in [-0.1, -0.05) is 36.4 Å². The molecule has 0 unspecified atom stereocenters. The van der Waals surface area contributed by atoms with Gasteiger partial charge < -0.3 is 19.8 Å². The third kappa shape index (κ3) is 5.80. The highest BCUT2D eigenvalue weighted by Crippen LogP contribution is 2.29. The number of carbonyl (C=O) groups excluding carboxylic acids is 1. The van der Waals surface area contributed by atoms with E-state index in [-0.39, 0.29) is 29.0 Å². The molecule has 0 bridgehead atoms. The Balaban J connectivity index is 1.84. The average molecular weight is 446 g/mol. The molecule has 0 fully saturated rings. The first-order valence-electron chi connectivity index (χ1n) is 10.8. The van der Waals surface area contributed by atoms with Gasteiger partial charge in [-0.05, 0) is 55.8 Å². The molecule has 0 aromatic heterocycles. The second kappa shape index (κ2) is 11.0. The van der Waals surface area contributed by atoms with E-state index in [1.165, 1.54) is 30.3 Å². The number of anilines is 1. The number of carbonyl (C=O) groups is 2. The molecule has 33 heavy (non-hydrogen) atoms. The summed E-state index contributed by atoms with van der Waals surface area (Å²) < 4.78 is 5.70. The van der Waals surface area contributed by atoms with Crippen molar-refractivity contribution < 1.29 is 24.5 Å². The maximum absolute atomic E-state index is 13.2. The zero-order valence-corrected chi connectivity index (χ0v) is 18.7. The summed E-state index contributed by atoms with van der Waals surface area (Å²) in [5, 5.41) is 20.1. The SMILES string of the molecule is CCN(CC)c1ccc(C(=O)c2cc(OCC=Cc3ccccc3)ccc2C(=O)O)c(O)c1. The lowest BCUT2D eigenvalue weighted by molar-refractivity contribution is 0.0692. The highest BCUT2D eigenvalue weighted by atomic mass is 16.5. The van der Waals surface area contributed by atoms with Crippen molar-refractivity contribution in [1.82, 2.24) is 0 Å². The number of phenols is 1. The Morgan fingerprint density at radius 1 is 0.909 bits per heavy atom. The van der Waals surface area contributed by atoms with Gasteiger partial charge in [0.1, 0.15) is 18.1 Å². The first-order chi connectivity index (χ1) is 15.9. The monoisotopic (exact) mass is 445 g/mol. The van der Waals surface area contributed by atoms with Gasteiger partial charge >= 0.3 is 5.97 Å². The van der Waals surface area contributed by atoms with Crippen molar-refractivity contribution in [1.29, 1.82) is 0 Å². The van der Waals surface area contributed by atoms with Crippen LogP contribution in [0.1, 0.15) is 45.7 Å². The molecule has 0 aliphatic heterocycles. The van der Waals surface area contributed by atoms with Gasteiger partial charge in [-0.15, -0.1) is 0 Å². The lowest BCUT2D eigenvalue weighted by atomic mass is 9.97. The van der Waals surface area contributed by atoms with E-state index in [4.69, 9.17) is 4.74 Å². The predicted molar refractivity (Wildman–Crippen MR) is 129 cm³/mol. The molecule has 2 N–H and O–H groups in total. The van der Waals surface area contributed by atoms with E-state index in [0.717, 1.165) is 24.3 Å². The second-order valence-corrected chi connectivity index (χ2v) is 7.34. The van der Waals surface area contributed by atoms with E-state index >= 15 is 0 Å². The van der Waals surface area contributed by atoms with Crippen LogP contribution in [0.3, 0.4) is 0 Å². The van der Waals surface area contributed by atoms with Crippen LogP contribution in [0.4, 0.5) is 5.69 Å². The van der Waals surface area contributed by atoms with Crippen LogP contribution in [-0.4, -0.2) is 41.7 Å². The third-order valence-corrected chi connectivity index (χ3v) is 5.28. The molecule has 0 saturated carbocycles. The van der Waals surface area contributed by atoms with Gasteiger partial charge in [0.15, 0.2) is 5.78 Å². The molecule has 3 rings (SSSR count). The van der Waals surface area contributed by atoms with Gasteiger partial charge in [-0.25, -0.2) is 4.79 Å². The molecule has 0 amide bonds. The number of ketones is 1. The average Bonchev–Trinajstić information content (AvgIpc) is 2.83. The molecule has 6 heteroatoms. The first-order valence-corrected chi connectivity index (χ1v) is 10.8. The molecule has 0 spiro atoms. The van der Waals surface area contributed by atoms with Crippen LogP contribution in [-0.2, 0) is 0 Å². The maximum atomic E-state index is 13.2. The standard InChI is InChI=1S/C27H27NO5/c1-3-28(4-2)20-12-14-23(25(29)17-20)26(30)24-18-21(13-15-22(24)27(31)32)33-16-8-11-19-9-6-5-7-10-19/h5-15,17-18,29H,3-4,16H2,1-2H3,(H,31,32). The quantitative estimate of drug-likeness (QED) is 0.414. The molecular formula is C27H27NO5. The summed E-state index contributed by atoms with van der Waals surface area (Å²) in [6.45, 7) is 5.76. The minimum absolute atomic E-state index is 0.0366. The van der Waals surface area contributed by atoms with Crippen molar-refractivity contribution in [3.05, 3.63) is 95.1 Å². The zero-order chi connectivity index (χ0) is 23.8. The molecule has 170 valence electrons. The summed E-state index contributed by atoms with van der Waals surface area (Å²) >= 11 is 0. The summed E-state index contributed by atoms with van der Waals surface area (Å²) in [6, 6.07) is 18.8.